The van der Waals surface area contributed by atoms with Crippen LogP contribution in [0.2, 0.25) is 0 Å². The smallest absolute Gasteiger partial charge is 0.255 e. The van der Waals surface area contributed by atoms with Crippen molar-refractivity contribution < 1.29 is 4.79 Å². The molecule has 0 spiro atoms. The standard InChI is InChI=1S/C26H33N3O.C2H6/c1-9-18(2)27-24(17-29(7)8)22-11-10-12-23(19(22)3)28-25(30)20-13-15-21(16-14-20)26(4,5)6;1-2/h9-17H,1H2,2-8H3,(H,28,30);1-2H3/b24-17-,27-18?;. The zero-order chi connectivity index (χ0) is 24.5. The summed E-state index contributed by atoms with van der Waals surface area (Å²) < 4.78 is 0. The van der Waals surface area contributed by atoms with E-state index in [1.165, 1.54) is 5.56 Å². The van der Waals surface area contributed by atoms with E-state index in [0.29, 0.717) is 5.56 Å². The van der Waals surface area contributed by atoms with E-state index in [-0.39, 0.29) is 11.3 Å². The summed E-state index contributed by atoms with van der Waals surface area (Å²) in [6.45, 7) is 18.2. The van der Waals surface area contributed by atoms with E-state index in [0.717, 1.165) is 28.2 Å². The minimum absolute atomic E-state index is 0.0547. The topological polar surface area (TPSA) is 44.7 Å². The van der Waals surface area contributed by atoms with Crippen LogP contribution in [0, 0.1) is 6.92 Å². The Morgan fingerprint density at radius 1 is 1.06 bits per heavy atom. The summed E-state index contributed by atoms with van der Waals surface area (Å²) in [5.74, 6) is -0.125. The van der Waals surface area contributed by atoms with E-state index < -0.39 is 0 Å². The molecule has 0 saturated heterocycles. The third-order valence-electron chi connectivity index (χ3n) is 4.84. The number of carbonyl (C=O) groups excluding carboxylic acids is 1. The second-order valence-corrected chi connectivity index (χ2v) is 8.69. The zero-order valence-corrected chi connectivity index (χ0v) is 21.2. The molecule has 2 aromatic carbocycles. The van der Waals surface area contributed by atoms with Crippen molar-refractivity contribution in [2.75, 3.05) is 19.4 Å². The van der Waals surface area contributed by atoms with Gasteiger partial charge in [0.05, 0.1) is 5.70 Å². The number of carbonyl (C=O) groups is 1. The molecule has 172 valence electrons. The molecule has 4 heteroatoms. The fraction of sp³-hybridized carbons (Fsp3) is 0.357. The number of allylic oxidation sites excluding steroid dienone is 1. The van der Waals surface area contributed by atoms with Crippen molar-refractivity contribution in [1.29, 1.82) is 0 Å². The Morgan fingerprint density at radius 3 is 2.16 bits per heavy atom. The third kappa shape index (κ3) is 7.52. The average Bonchev–Trinajstić information content (AvgIpc) is 2.75. The van der Waals surface area contributed by atoms with Gasteiger partial charge in [-0.1, -0.05) is 65.5 Å². The number of nitrogens with one attached hydrogen (secondary N) is 1. The van der Waals surface area contributed by atoms with Crippen LogP contribution in [-0.4, -0.2) is 30.6 Å². The SMILES string of the molecule is C=CC(C)=N/C(=C\N(C)C)c1cccc(NC(=O)c2ccc(C(C)(C)C)cc2)c1C.CC. The average molecular weight is 434 g/mol. The summed E-state index contributed by atoms with van der Waals surface area (Å²) >= 11 is 0. The largest absolute Gasteiger partial charge is 0.382 e. The first-order valence-electron chi connectivity index (χ1n) is 11.1. The number of nitrogens with zero attached hydrogens (tertiary/aromatic N) is 2. The summed E-state index contributed by atoms with van der Waals surface area (Å²) in [6.07, 6.45) is 3.69. The van der Waals surface area contributed by atoms with Crippen LogP contribution in [0.5, 0.6) is 0 Å². The van der Waals surface area contributed by atoms with Gasteiger partial charge < -0.3 is 10.2 Å². The molecule has 0 fully saturated rings. The molecular weight excluding hydrogens is 394 g/mol. The van der Waals surface area contributed by atoms with Crippen LogP contribution in [0.1, 0.15) is 68.6 Å². The molecular formula is C28H39N3O. The summed E-state index contributed by atoms with van der Waals surface area (Å²) in [5, 5.41) is 3.05. The predicted molar refractivity (Wildman–Crippen MR) is 141 cm³/mol. The molecule has 2 aromatic rings. The minimum Gasteiger partial charge on any atom is -0.382 e. The molecule has 0 heterocycles. The maximum absolute atomic E-state index is 12.8. The number of rotatable bonds is 6. The quantitative estimate of drug-likeness (QED) is 0.495. The highest BCUT2D eigenvalue weighted by Gasteiger charge is 2.15. The molecule has 1 amide bonds. The normalized spacial score (nSPS) is 11.9. The summed E-state index contributed by atoms with van der Waals surface area (Å²) in [4.78, 5) is 19.5. The Morgan fingerprint density at radius 2 is 1.66 bits per heavy atom. The van der Waals surface area contributed by atoms with Crippen LogP contribution >= 0.6 is 0 Å². The van der Waals surface area contributed by atoms with Gasteiger partial charge in [-0.2, -0.15) is 0 Å². The van der Waals surface area contributed by atoms with Crippen LogP contribution in [0.25, 0.3) is 5.70 Å². The highest BCUT2D eigenvalue weighted by atomic mass is 16.1. The summed E-state index contributed by atoms with van der Waals surface area (Å²) in [5.41, 5.74) is 6.24. The molecule has 1 N–H and O–H groups in total. The Bertz CT molecular complexity index is 975. The van der Waals surface area contributed by atoms with Gasteiger partial charge in [0.15, 0.2) is 0 Å². The molecule has 0 unspecified atom stereocenters. The fourth-order valence-electron chi connectivity index (χ4n) is 3.00. The second-order valence-electron chi connectivity index (χ2n) is 8.69. The lowest BCUT2D eigenvalue weighted by atomic mass is 9.86. The molecule has 0 bridgehead atoms. The molecule has 0 aromatic heterocycles. The highest BCUT2D eigenvalue weighted by Crippen LogP contribution is 2.27. The second kappa shape index (κ2) is 12.0. The molecule has 2 rings (SSSR count). The first-order valence-corrected chi connectivity index (χ1v) is 11.1. The molecule has 0 atom stereocenters. The summed E-state index contributed by atoms with van der Waals surface area (Å²) in [7, 11) is 3.92. The van der Waals surface area contributed by atoms with Crippen molar-refractivity contribution in [3.63, 3.8) is 0 Å². The van der Waals surface area contributed by atoms with Gasteiger partial charge in [-0.25, -0.2) is 0 Å². The Hall–Kier alpha value is -3.14. The van der Waals surface area contributed by atoms with Gasteiger partial charge in [0.1, 0.15) is 0 Å². The number of anilines is 1. The van der Waals surface area contributed by atoms with E-state index in [2.05, 4.69) is 37.7 Å². The Labute approximate surface area is 194 Å². The number of hydrogen-bond acceptors (Lipinski definition) is 3. The molecule has 4 nitrogen and oxygen atoms in total. The predicted octanol–water partition coefficient (Wildman–Crippen LogP) is 7.08. The first-order chi connectivity index (χ1) is 15.0. The van der Waals surface area contributed by atoms with Crippen LogP contribution in [0.3, 0.4) is 0 Å². The molecule has 0 aliphatic carbocycles. The lowest BCUT2D eigenvalue weighted by Crippen LogP contribution is -2.15. The van der Waals surface area contributed by atoms with Gasteiger partial charge in [-0.3, -0.25) is 9.79 Å². The molecule has 0 aliphatic rings. The van der Waals surface area contributed by atoms with Crippen LogP contribution in [0.15, 0.2) is 66.3 Å². The van der Waals surface area contributed by atoms with Gasteiger partial charge in [-0.05, 0) is 54.7 Å². The fourth-order valence-corrected chi connectivity index (χ4v) is 3.00. The van der Waals surface area contributed by atoms with Crippen molar-refractivity contribution >= 4 is 23.0 Å². The van der Waals surface area contributed by atoms with E-state index in [9.17, 15) is 4.79 Å². The lowest BCUT2D eigenvalue weighted by Gasteiger charge is -2.19. The Kier molecular flexibility index (Phi) is 10.1. The van der Waals surface area contributed by atoms with Crippen molar-refractivity contribution in [2.45, 2.75) is 53.9 Å². The number of amides is 1. The minimum atomic E-state index is -0.125. The van der Waals surface area contributed by atoms with E-state index >= 15 is 0 Å². The third-order valence-corrected chi connectivity index (χ3v) is 4.84. The van der Waals surface area contributed by atoms with Crippen LogP contribution in [0.4, 0.5) is 5.69 Å². The first kappa shape index (κ1) is 26.9. The maximum atomic E-state index is 12.8. The molecule has 32 heavy (non-hydrogen) atoms. The van der Waals surface area contributed by atoms with Crippen LogP contribution < -0.4 is 5.32 Å². The van der Waals surface area contributed by atoms with E-state index in [1.807, 2.05) is 95.4 Å². The highest BCUT2D eigenvalue weighted by molar-refractivity contribution is 6.05. The summed E-state index contributed by atoms with van der Waals surface area (Å²) in [6, 6.07) is 13.7. The van der Waals surface area contributed by atoms with Gasteiger partial charge in [0.2, 0.25) is 0 Å². The van der Waals surface area contributed by atoms with Crippen molar-refractivity contribution in [2.24, 2.45) is 4.99 Å². The van der Waals surface area contributed by atoms with Crippen molar-refractivity contribution in [3.8, 4) is 0 Å². The lowest BCUT2D eigenvalue weighted by molar-refractivity contribution is 0.102. The Balaban J connectivity index is 0.00000249. The van der Waals surface area contributed by atoms with E-state index in [1.54, 1.807) is 6.08 Å². The number of hydrogen-bond donors (Lipinski definition) is 1. The van der Waals surface area contributed by atoms with Gasteiger partial charge >= 0.3 is 0 Å². The van der Waals surface area contributed by atoms with Gasteiger partial charge in [0.25, 0.3) is 5.91 Å². The van der Waals surface area contributed by atoms with E-state index in [4.69, 9.17) is 0 Å². The molecule has 0 saturated carbocycles. The zero-order valence-electron chi connectivity index (χ0n) is 21.2. The van der Waals surface area contributed by atoms with Crippen molar-refractivity contribution in [1.82, 2.24) is 4.90 Å². The monoisotopic (exact) mass is 433 g/mol. The molecule has 0 aliphatic heterocycles. The van der Waals surface area contributed by atoms with Crippen molar-refractivity contribution in [3.05, 3.63) is 83.6 Å². The van der Waals surface area contributed by atoms with Gasteiger partial charge in [0, 0.05) is 42.8 Å². The van der Waals surface area contributed by atoms with Crippen LogP contribution in [-0.2, 0) is 5.41 Å². The van der Waals surface area contributed by atoms with Gasteiger partial charge in [-0.15, -0.1) is 0 Å². The molecule has 0 radical (unpaired) electrons. The maximum Gasteiger partial charge on any atom is 0.255 e. The number of benzene rings is 2. The number of aliphatic imine (C=N–C) groups is 1.